The van der Waals surface area contributed by atoms with Gasteiger partial charge in [-0.05, 0) is 31.5 Å². The number of aromatic nitrogens is 1. The number of amides is 1. The second-order valence-electron chi connectivity index (χ2n) is 6.23. The Morgan fingerprint density at radius 2 is 2.00 bits per heavy atom. The van der Waals surface area contributed by atoms with Gasteiger partial charge in [-0.3, -0.25) is 19.7 Å². The number of hydrogen-bond donors (Lipinski definition) is 0. The minimum atomic E-state index is -0.475. The Morgan fingerprint density at radius 1 is 1.24 bits per heavy atom. The van der Waals surface area contributed by atoms with E-state index in [0.29, 0.717) is 20.6 Å². The Hall–Kier alpha value is -3.33. The Balaban J connectivity index is 2.09. The summed E-state index contributed by atoms with van der Waals surface area (Å²) in [5, 5.41) is 11.1. The first-order valence-electron chi connectivity index (χ1n) is 8.98. The lowest BCUT2D eigenvalue weighted by atomic mass is 10.1. The summed E-state index contributed by atoms with van der Waals surface area (Å²) in [5.74, 6) is -0.772. The van der Waals surface area contributed by atoms with Gasteiger partial charge in [-0.15, -0.1) is 0 Å². The summed E-state index contributed by atoms with van der Waals surface area (Å²) >= 11 is 1.17. The second-order valence-corrected chi connectivity index (χ2v) is 7.24. The van der Waals surface area contributed by atoms with Crippen molar-refractivity contribution in [2.75, 3.05) is 6.61 Å². The number of nitrogens with zero attached hydrogens (tertiary/aromatic N) is 3. The Morgan fingerprint density at radius 3 is 2.69 bits per heavy atom. The maximum absolute atomic E-state index is 12.7. The molecule has 3 rings (SSSR count). The number of esters is 1. The minimum absolute atomic E-state index is 0.0481. The highest BCUT2D eigenvalue weighted by atomic mass is 32.1. The lowest BCUT2D eigenvalue weighted by molar-refractivity contribution is -0.384. The zero-order chi connectivity index (χ0) is 21.0. The quantitative estimate of drug-likeness (QED) is 0.349. The molecule has 0 bridgehead atoms. The van der Waals surface area contributed by atoms with Crippen molar-refractivity contribution >= 4 is 39.1 Å². The van der Waals surface area contributed by atoms with Gasteiger partial charge in [0.2, 0.25) is 0 Å². The van der Waals surface area contributed by atoms with Crippen LogP contribution >= 0.6 is 11.3 Å². The number of ether oxygens (including phenoxy) is 1. The van der Waals surface area contributed by atoms with Crippen LogP contribution < -0.4 is 4.80 Å². The van der Waals surface area contributed by atoms with Crippen LogP contribution in [-0.4, -0.2) is 28.0 Å². The minimum Gasteiger partial charge on any atom is -0.466 e. The van der Waals surface area contributed by atoms with Crippen molar-refractivity contribution in [3.05, 3.63) is 68.5 Å². The van der Waals surface area contributed by atoms with Gasteiger partial charge in [0.25, 0.3) is 11.6 Å². The lowest BCUT2D eigenvalue weighted by Gasteiger charge is -2.05. The number of thiazole rings is 1. The molecule has 0 aliphatic rings. The molecular formula is C20H19N3O5S. The molecule has 0 unspecified atom stereocenters. The number of nitro groups is 1. The zero-order valence-electron chi connectivity index (χ0n) is 16.0. The maximum atomic E-state index is 12.7. The fraction of sp³-hybridized carbons (Fsp3) is 0.250. The van der Waals surface area contributed by atoms with E-state index < -0.39 is 10.8 Å². The molecule has 150 valence electrons. The first-order valence-corrected chi connectivity index (χ1v) is 9.80. The molecule has 0 saturated heterocycles. The molecule has 0 radical (unpaired) electrons. The SMILES string of the molecule is CCOC(=O)CCn1c(=NC(=O)c2ccccc2C)sc2cc([N+](=O)[O-])ccc21. The molecule has 1 aromatic heterocycles. The number of fused-ring (bicyclic) bond motifs is 1. The molecule has 0 N–H and O–H groups in total. The molecule has 0 fully saturated rings. The van der Waals surface area contributed by atoms with E-state index in [9.17, 15) is 19.7 Å². The normalized spacial score (nSPS) is 11.6. The molecule has 0 saturated carbocycles. The lowest BCUT2D eigenvalue weighted by Crippen LogP contribution is -2.19. The van der Waals surface area contributed by atoms with Gasteiger partial charge in [-0.2, -0.15) is 4.99 Å². The smallest absolute Gasteiger partial charge is 0.307 e. The fourth-order valence-corrected chi connectivity index (χ4v) is 3.96. The van der Waals surface area contributed by atoms with Crippen molar-refractivity contribution in [3.63, 3.8) is 0 Å². The topological polar surface area (TPSA) is 104 Å². The summed E-state index contributed by atoms with van der Waals surface area (Å²) < 4.78 is 7.30. The number of hydrogen-bond acceptors (Lipinski definition) is 6. The van der Waals surface area contributed by atoms with Crippen LogP contribution in [0.3, 0.4) is 0 Å². The van der Waals surface area contributed by atoms with E-state index in [2.05, 4.69) is 4.99 Å². The maximum Gasteiger partial charge on any atom is 0.307 e. The van der Waals surface area contributed by atoms with E-state index in [4.69, 9.17) is 4.74 Å². The molecule has 29 heavy (non-hydrogen) atoms. The monoisotopic (exact) mass is 413 g/mol. The van der Waals surface area contributed by atoms with E-state index in [-0.39, 0.29) is 31.2 Å². The molecule has 0 aliphatic carbocycles. The van der Waals surface area contributed by atoms with Crippen LogP contribution in [0.1, 0.15) is 29.3 Å². The van der Waals surface area contributed by atoms with Gasteiger partial charge in [0.05, 0.1) is 28.2 Å². The second kappa shape index (κ2) is 8.78. The average Bonchev–Trinajstić information content (AvgIpc) is 3.02. The number of rotatable bonds is 6. The highest BCUT2D eigenvalue weighted by Crippen LogP contribution is 2.23. The first kappa shape index (κ1) is 20.4. The van der Waals surface area contributed by atoms with Crippen LogP contribution in [0.5, 0.6) is 0 Å². The molecule has 0 spiro atoms. The van der Waals surface area contributed by atoms with Gasteiger partial charge in [0.15, 0.2) is 4.80 Å². The van der Waals surface area contributed by atoms with Gasteiger partial charge in [-0.25, -0.2) is 0 Å². The predicted molar refractivity (Wildman–Crippen MR) is 109 cm³/mol. The fourth-order valence-electron chi connectivity index (χ4n) is 2.87. The van der Waals surface area contributed by atoms with Gasteiger partial charge in [0, 0.05) is 24.2 Å². The van der Waals surface area contributed by atoms with E-state index in [0.717, 1.165) is 5.56 Å². The average molecular weight is 413 g/mol. The molecule has 9 heteroatoms. The van der Waals surface area contributed by atoms with Crippen LogP contribution in [0.25, 0.3) is 10.2 Å². The molecule has 0 atom stereocenters. The van der Waals surface area contributed by atoms with Crippen LogP contribution in [0.4, 0.5) is 5.69 Å². The van der Waals surface area contributed by atoms with Crippen LogP contribution in [0.15, 0.2) is 47.5 Å². The molecule has 0 aliphatic heterocycles. The standard InChI is InChI=1S/C20H19N3O5S/c1-3-28-18(24)10-11-22-16-9-8-14(23(26)27)12-17(16)29-20(22)21-19(25)15-7-5-4-6-13(15)2/h4-9,12H,3,10-11H2,1-2H3. The molecule has 2 aromatic carbocycles. The van der Waals surface area contributed by atoms with Crippen LogP contribution in [0.2, 0.25) is 0 Å². The van der Waals surface area contributed by atoms with Gasteiger partial charge < -0.3 is 9.30 Å². The van der Waals surface area contributed by atoms with Crippen molar-refractivity contribution in [2.45, 2.75) is 26.8 Å². The third-order valence-corrected chi connectivity index (χ3v) is 5.34. The summed E-state index contributed by atoms with van der Waals surface area (Å²) in [5.41, 5.74) is 1.90. The van der Waals surface area contributed by atoms with E-state index >= 15 is 0 Å². The van der Waals surface area contributed by atoms with Gasteiger partial charge in [-0.1, -0.05) is 29.5 Å². The molecule has 1 amide bonds. The van der Waals surface area contributed by atoms with E-state index in [1.165, 1.54) is 23.5 Å². The number of carbonyl (C=O) groups excluding carboxylic acids is 2. The third-order valence-electron chi connectivity index (χ3n) is 4.29. The van der Waals surface area contributed by atoms with Gasteiger partial charge >= 0.3 is 5.97 Å². The Labute approximate surface area is 170 Å². The number of carbonyl (C=O) groups is 2. The van der Waals surface area contributed by atoms with Gasteiger partial charge in [0.1, 0.15) is 0 Å². The summed E-state index contributed by atoms with van der Waals surface area (Å²) in [7, 11) is 0. The highest BCUT2D eigenvalue weighted by Gasteiger charge is 2.15. The van der Waals surface area contributed by atoms with Crippen LogP contribution in [-0.2, 0) is 16.1 Å². The number of non-ortho nitro benzene ring substituents is 1. The summed E-state index contributed by atoms with van der Waals surface area (Å²) in [4.78, 5) is 39.7. The Kier molecular flexibility index (Phi) is 6.18. The number of aryl methyl sites for hydroxylation is 2. The summed E-state index contributed by atoms with van der Waals surface area (Å²) in [6, 6.07) is 11.6. The van der Waals surface area contributed by atoms with Crippen molar-refractivity contribution < 1.29 is 19.2 Å². The summed E-state index contributed by atoms with van der Waals surface area (Å²) in [6.45, 7) is 4.08. The number of benzene rings is 2. The predicted octanol–water partition coefficient (Wildman–Crippen LogP) is 3.61. The first-order chi connectivity index (χ1) is 13.9. The van der Waals surface area contributed by atoms with Crippen molar-refractivity contribution in [3.8, 4) is 0 Å². The van der Waals surface area contributed by atoms with Crippen molar-refractivity contribution in [1.82, 2.24) is 4.57 Å². The molecular weight excluding hydrogens is 394 g/mol. The van der Waals surface area contributed by atoms with Crippen molar-refractivity contribution in [2.24, 2.45) is 4.99 Å². The third kappa shape index (κ3) is 4.57. The van der Waals surface area contributed by atoms with Crippen LogP contribution in [0, 0.1) is 17.0 Å². The molecule has 3 aromatic rings. The molecule has 8 nitrogen and oxygen atoms in total. The molecule has 1 heterocycles. The highest BCUT2D eigenvalue weighted by molar-refractivity contribution is 7.16. The largest absolute Gasteiger partial charge is 0.466 e. The zero-order valence-corrected chi connectivity index (χ0v) is 16.8. The Bertz CT molecular complexity index is 1160. The summed E-state index contributed by atoms with van der Waals surface area (Å²) in [6.07, 6.45) is 0.0996. The van der Waals surface area contributed by atoms with Crippen molar-refractivity contribution in [1.29, 1.82) is 0 Å². The van der Waals surface area contributed by atoms with E-state index in [1.807, 2.05) is 19.1 Å². The van der Waals surface area contributed by atoms with E-state index in [1.54, 1.807) is 29.7 Å². The number of nitro benzene ring substituents is 1.